The van der Waals surface area contributed by atoms with E-state index in [-0.39, 0.29) is 0 Å². The zero-order valence-electron chi connectivity index (χ0n) is 13.0. The molecule has 23 heavy (non-hydrogen) atoms. The van der Waals surface area contributed by atoms with Gasteiger partial charge >= 0.3 is 0 Å². The van der Waals surface area contributed by atoms with E-state index in [1.54, 1.807) is 0 Å². The second-order valence-corrected chi connectivity index (χ2v) is 8.02. The Morgan fingerprint density at radius 3 is 1.52 bits per heavy atom. The highest BCUT2D eigenvalue weighted by molar-refractivity contribution is 6.50. The third-order valence-corrected chi connectivity index (χ3v) is 6.14. The van der Waals surface area contributed by atoms with E-state index in [1.807, 2.05) is 0 Å². The summed E-state index contributed by atoms with van der Waals surface area (Å²) in [6.07, 6.45) is 9.32. The predicted octanol–water partition coefficient (Wildman–Crippen LogP) is 3.78. The van der Waals surface area contributed by atoms with Crippen molar-refractivity contribution in [1.29, 1.82) is 0 Å². The molecule has 0 saturated heterocycles. The first-order chi connectivity index (χ1) is 11.4. The number of hydrogen-bond donors (Lipinski definition) is 0. The summed E-state index contributed by atoms with van der Waals surface area (Å²) in [5.41, 5.74) is 12.9. The van der Waals surface area contributed by atoms with Crippen molar-refractivity contribution in [2.24, 2.45) is 0 Å². The lowest BCUT2D eigenvalue weighted by atomic mass is 9.87. The highest BCUT2D eigenvalue weighted by Gasteiger charge is 2.12. The number of aryl methyl sites for hydroxylation is 4. The summed E-state index contributed by atoms with van der Waals surface area (Å²) in [4.78, 5) is 0. The zero-order chi connectivity index (χ0) is 15.5. The van der Waals surface area contributed by atoms with Gasteiger partial charge in [0.25, 0.3) is 0 Å². The highest BCUT2D eigenvalue weighted by Crippen LogP contribution is 2.24. The van der Waals surface area contributed by atoms with Crippen LogP contribution in [0.25, 0.3) is 12.2 Å². The van der Waals surface area contributed by atoms with Crippen molar-refractivity contribution >= 4 is 31.7 Å². The molecule has 0 amide bonds. The molecule has 0 saturated carbocycles. The number of rotatable bonds is 6. The lowest BCUT2D eigenvalue weighted by Crippen LogP contribution is -2.07. The van der Waals surface area contributed by atoms with E-state index in [4.69, 9.17) is 4.12 Å². The van der Waals surface area contributed by atoms with Crippen LogP contribution in [0.3, 0.4) is 0 Å². The molecule has 4 rings (SSSR count). The average molecular weight is 331 g/mol. The topological polar surface area (TPSA) is 9.23 Å². The Labute approximate surface area is 143 Å². The molecule has 2 aromatic rings. The molecule has 4 radical (unpaired) electrons. The Hall–Kier alpha value is -1.69. The van der Waals surface area contributed by atoms with Crippen molar-refractivity contribution in [3.8, 4) is 0 Å². The average Bonchev–Trinajstić information content (AvgIpc) is 2.51. The maximum absolute atomic E-state index is 5.69. The Morgan fingerprint density at radius 2 is 1.13 bits per heavy atom. The molecule has 112 valence electrons. The largest absolute Gasteiger partial charge is 0.450 e. The maximum atomic E-state index is 5.69. The van der Waals surface area contributed by atoms with Crippen LogP contribution >= 0.6 is 0 Å². The minimum Gasteiger partial charge on any atom is -0.450 e. The summed E-state index contributed by atoms with van der Waals surface area (Å²) in [5.74, 6) is 0. The molecule has 2 aliphatic rings. The van der Waals surface area contributed by atoms with Crippen molar-refractivity contribution in [2.45, 2.75) is 25.7 Å². The molecule has 0 unspecified atom stereocenters. The third-order valence-electron chi connectivity index (χ3n) is 4.59. The van der Waals surface area contributed by atoms with Crippen molar-refractivity contribution < 1.29 is 4.12 Å². The van der Waals surface area contributed by atoms with Gasteiger partial charge in [0.15, 0.2) is 0 Å². The lowest BCUT2D eigenvalue weighted by molar-refractivity contribution is 0.662. The van der Waals surface area contributed by atoms with Gasteiger partial charge in [-0.25, -0.2) is 0 Å². The lowest BCUT2D eigenvalue weighted by Gasteiger charge is -2.18. The second kappa shape index (κ2) is 6.83. The molecule has 0 aliphatic heterocycles. The molecule has 0 heterocycles. The Kier molecular flexibility index (Phi) is 4.42. The van der Waals surface area contributed by atoms with Crippen LogP contribution in [0.15, 0.2) is 47.8 Å². The summed E-state index contributed by atoms with van der Waals surface area (Å²) < 4.78 is 5.69. The Balaban J connectivity index is 1.21. The van der Waals surface area contributed by atoms with Gasteiger partial charge in [0.2, 0.25) is 19.5 Å². The number of hydrogen-bond acceptors (Lipinski definition) is 1. The Bertz CT molecular complexity index is 712. The van der Waals surface area contributed by atoms with Crippen molar-refractivity contribution in [1.82, 2.24) is 0 Å². The van der Waals surface area contributed by atoms with Crippen LogP contribution < -0.4 is 0 Å². The molecule has 3 heteroatoms. The van der Waals surface area contributed by atoms with Crippen LogP contribution in [-0.4, -0.2) is 19.5 Å². The van der Waals surface area contributed by atoms with Crippen LogP contribution in [0.2, 0.25) is 0 Å². The van der Waals surface area contributed by atoms with Crippen LogP contribution in [-0.2, 0) is 29.8 Å². The maximum Gasteiger partial charge on any atom is 0.248 e. The molecule has 0 aromatic heterocycles. The quantitative estimate of drug-likeness (QED) is 0.578. The molecular formula is C20H18OSi2. The van der Waals surface area contributed by atoms with Gasteiger partial charge in [-0.05, 0) is 59.1 Å². The number of benzene rings is 2. The van der Waals surface area contributed by atoms with E-state index in [9.17, 15) is 0 Å². The molecular weight excluding hydrogens is 312 g/mol. The van der Waals surface area contributed by atoms with Crippen LogP contribution in [0, 0.1) is 0 Å². The molecule has 1 nitrogen and oxygen atoms in total. The van der Waals surface area contributed by atoms with Gasteiger partial charge in [-0.1, -0.05) is 59.9 Å². The van der Waals surface area contributed by atoms with Gasteiger partial charge in [0, 0.05) is 0 Å². The molecule has 0 fully saturated rings. The fourth-order valence-electron chi connectivity index (χ4n) is 3.00. The summed E-state index contributed by atoms with van der Waals surface area (Å²) in [6, 6.07) is 13.5. The van der Waals surface area contributed by atoms with Crippen molar-refractivity contribution in [2.75, 3.05) is 0 Å². The molecule has 2 aromatic carbocycles. The van der Waals surface area contributed by atoms with Crippen LogP contribution in [0.5, 0.6) is 0 Å². The van der Waals surface area contributed by atoms with Gasteiger partial charge in [-0.3, -0.25) is 0 Å². The van der Waals surface area contributed by atoms with E-state index in [1.165, 1.54) is 59.1 Å². The summed E-state index contributed by atoms with van der Waals surface area (Å²) in [5, 5.41) is 0. The highest BCUT2D eigenvalue weighted by atomic mass is 28.3. The fourth-order valence-corrected chi connectivity index (χ4v) is 4.34. The van der Waals surface area contributed by atoms with E-state index >= 15 is 0 Å². The third kappa shape index (κ3) is 3.47. The smallest absolute Gasteiger partial charge is 0.248 e. The van der Waals surface area contributed by atoms with E-state index in [0.29, 0.717) is 19.5 Å². The number of fused-ring (bicyclic) bond motifs is 2. The van der Waals surface area contributed by atoms with Crippen molar-refractivity contribution in [3.05, 3.63) is 81.2 Å². The first-order valence-corrected chi connectivity index (χ1v) is 10.1. The summed E-state index contributed by atoms with van der Waals surface area (Å²) in [7, 11) is 0.849. The minimum atomic E-state index is 0.425. The van der Waals surface area contributed by atoms with Gasteiger partial charge in [0.1, 0.15) is 0 Å². The zero-order valence-corrected chi connectivity index (χ0v) is 15.0. The van der Waals surface area contributed by atoms with Crippen molar-refractivity contribution in [3.63, 3.8) is 0 Å². The van der Waals surface area contributed by atoms with Gasteiger partial charge < -0.3 is 4.12 Å². The molecule has 0 spiro atoms. The molecule has 2 aliphatic carbocycles. The summed E-state index contributed by atoms with van der Waals surface area (Å²) >= 11 is 0. The fraction of sp³-hybridized carbons (Fsp3) is 0.200. The monoisotopic (exact) mass is 330 g/mol. The normalized spacial score (nSPS) is 15.3. The summed E-state index contributed by atoms with van der Waals surface area (Å²) in [6.45, 7) is 0. The molecule has 0 bridgehead atoms. The van der Waals surface area contributed by atoms with E-state index in [0.717, 1.165) is 0 Å². The first-order valence-electron chi connectivity index (χ1n) is 8.12. The van der Waals surface area contributed by atoms with Gasteiger partial charge in [-0.15, -0.1) is 0 Å². The second-order valence-electron chi connectivity index (χ2n) is 6.06. The minimum absolute atomic E-state index is 0.425. The van der Waals surface area contributed by atoms with Crippen LogP contribution in [0.4, 0.5) is 0 Å². The van der Waals surface area contributed by atoms with Crippen LogP contribution in [0.1, 0.15) is 33.4 Å². The van der Waals surface area contributed by atoms with Gasteiger partial charge in [0.05, 0.1) is 0 Å². The van der Waals surface area contributed by atoms with E-state index < -0.39 is 0 Å². The SMILES string of the molecule is C(=C\c1ccc2c(c1)CC2)/[Si]O[Si]/C=C/c1ccc2c(c1)CC2. The van der Waals surface area contributed by atoms with E-state index in [2.05, 4.69) is 59.9 Å². The first kappa shape index (κ1) is 14.9. The standard InChI is InChI=1S/C20H18OSi2/c1-3-17-5-7-19(17)13-15(1)9-11-22-21-23-12-10-16-2-4-18-6-8-20(18)14-16/h1-4,9-14H,5-8H2/b11-9+,12-10+. The Morgan fingerprint density at radius 1 is 0.652 bits per heavy atom. The molecule has 0 N–H and O–H groups in total. The van der Waals surface area contributed by atoms with Gasteiger partial charge in [-0.2, -0.15) is 0 Å². The molecule has 0 atom stereocenters. The predicted molar refractivity (Wildman–Crippen MR) is 98.4 cm³/mol.